The zero-order valence-electron chi connectivity index (χ0n) is 11.8. The Morgan fingerprint density at radius 2 is 2.14 bits per heavy atom. The number of ether oxygens (including phenoxy) is 2. The van der Waals surface area contributed by atoms with Gasteiger partial charge in [-0.2, -0.15) is 0 Å². The molecule has 114 valence electrons. The van der Waals surface area contributed by atoms with Crippen molar-refractivity contribution in [3.8, 4) is 11.5 Å². The first-order valence-electron chi connectivity index (χ1n) is 6.37. The highest BCUT2D eigenvalue weighted by atomic mass is 79.9. The van der Waals surface area contributed by atoms with Gasteiger partial charge in [-0.05, 0) is 33.6 Å². The Morgan fingerprint density at radius 1 is 1.43 bits per heavy atom. The molecule has 0 unspecified atom stereocenters. The van der Waals surface area contributed by atoms with Crippen molar-refractivity contribution in [3.05, 3.63) is 22.2 Å². The van der Waals surface area contributed by atoms with E-state index in [1.807, 2.05) is 6.07 Å². The van der Waals surface area contributed by atoms with Crippen molar-refractivity contribution >= 4 is 27.8 Å². The van der Waals surface area contributed by atoms with Gasteiger partial charge in [0.25, 0.3) is 0 Å². The number of rotatable bonds is 5. The lowest BCUT2D eigenvalue weighted by molar-refractivity contribution is -0.141. The minimum atomic E-state index is -0.931. The van der Waals surface area contributed by atoms with Crippen LogP contribution in [-0.4, -0.2) is 42.6 Å². The molecule has 1 fully saturated rings. The maximum atomic E-state index is 11.9. The average molecular weight is 358 g/mol. The molecule has 1 aliphatic rings. The Kier molecular flexibility index (Phi) is 4.72. The van der Waals surface area contributed by atoms with Crippen LogP contribution in [0.3, 0.4) is 0 Å². The third kappa shape index (κ3) is 3.29. The molecule has 1 atom stereocenters. The fourth-order valence-corrected chi connectivity index (χ4v) is 3.02. The van der Waals surface area contributed by atoms with Gasteiger partial charge >= 0.3 is 5.97 Å². The predicted octanol–water partition coefficient (Wildman–Crippen LogP) is 1.90. The van der Waals surface area contributed by atoms with E-state index in [9.17, 15) is 9.59 Å². The van der Waals surface area contributed by atoms with E-state index in [1.165, 1.54) is 7.11 Å². The van der Waals surface area contributed by atoms with Gasteiger partial charge < -0.3 is 19.5 Å². The molecule has 0 spiro atoms. The molecule has 0 aliphatic carbocycles. The molecule has 1 amide bonds. The second-order valence-corrected chi connectivity index (χ2v) is 5.68. The van der Waals surface area contributed by atoms with Crippen molar-refractivity contribution in [2.24, 2.45) is 5.92 Å². The maximum Gasteiger partial charge on any atom is 0.308 e. The molecule has 7 heteroatoms. The zero-order valence-corrected chi connectivity index (χ0v) is 13.3. The minimum Gasteiger partial charge on any atom is -0.493 e. The largest absolute Gasteiger partial charge is 0.493 e. The molecule has 1 aliphatic heterocycles. The Balaban J connectivity index is 2.19. The molecule has 1 heterocycles. The summed E-state index contributed by atoms with van der Waals surface area (Å²) in [6, 6.07) is 3.62. The number of aliphatic carboxylic acids is 1. The second-order valence-electron chi connectivity index (χ2n) is 4.83. The number of hydrogen-bond donors (Lipinski definition) is 1. The summed E-state index contributed by atoms with van der Waals surface area (Å²) < 4.78 is 11.2. The van der Waals surface area contributed by atoms with Gasteiger partial charge in [0.1, 0.15) is 0 Å². The Labute approximate surface area is 130 Å². The van der Waals surface area contributed by atoms with Crippen LogP contribution in [0.4, 0.5) is 0 Å². The quantitative estimate of drug-likeness (QED) is 0.870. The van der Waals surface area contributed by atoms with E-state index < -0.39 is 11.9 Å². The highest BCUT2D eigenvalue weighted by Crippen LogP contribution is 2.37. The highest BCUT2D eigenvalue weighted by Gasteiger charge is 2.34. The molecule has 1 aromatic carbocycles. The third-order valence-electron chi connectivity index (χ3n) is 3.43. The van der Waals surface area contributed by atoms with E-state index in [0.29, 0.717) is 18.0 Å². The standard InChI is InChI=1S/C14H16BrNO5/c1-20-11-4-8(3-10(15)13(11)21-2)6-16-7-9(14(18)19)5-12(16)17/h3-4,9H,5-7H2,1-2H3,(H,18,19)/t9-/m0/s1. The van der Waals surface area contributed by atoms with Crippen molar-refractivity contribution in [2.45, 2.75) is 13.0 Å². The fraction of sp³-hybridized carbons (Fsp3) is 0.429. The van der Waals surface area contributed by atoms with Crippen molar-refractivity contribution < 1.29 is 24.2 Å². The van der Waals surface area contributed by atoms with Gasteiger partial charge in [-0.15, -0.1) is 0 Å². The molecule has 0 saturated carbocycles. The van der Waals surface area contributed by atoms with Gasteiger partial charge in [0.15, 0.2) is 11.5 Å². The number of nitrogens with zero attached hydrogens (tertiary/aromatic N) is 1. The van der Waals surface area contributed by atoms with Crippen LogP contribution in [0.1, 0.15) is 12.0 Å². The van der Waals surface area contributed by atoms with E-state index in [-0.39, 0.29) is 18.9 Å². The molecule has 1 aromatic rings. The molecule has 6 nitrogen and oxygen atoms in total. The van der Waals surface area contributed by atoms with Crippen LogP contribution in [0.25, 0.3) is 0 Å². The molecule has 1 saturated heterocycles. The summed E-state index contributed by atoms with van der Waals surface area (Å²) in [5.41, 5.74) is 0.846. The van der Waals surface area contributed by atoms with E-state index in [2.05, 4.69) is 15.9 Å². The number of carboxylic acid groups (broad SMARTS) is 1. The molecule has 2 rings (SSSR count). The zero-order chi connectivity index (χ0) is 15.6. The SMILES string of the molecule is COc1cc(CN2C[C@@H](C(=O)O)CC2=O)cc(Br)c1OC. The lowest BCUT2D eigenvalue weighted by Crippen LogP contribution is -2.25. The van der Waals surface area contributed by atoms with Gasteiger partial charge in [0.2, 0.25) is 5.91 Å². The van der Waals surface area contributed by atoms with E-state index >= 15 is 0 Å². The Bertz CT molecular complexity index is 575. The van der Waals surface area contributed by atoms with E-state index in [1.54, 1.807) is 18.1 Å². The van der Waals surface area contributed by atoms with Crippen LogP contribution in [-0.2, 0) is 16.1 Å². The topological polar surface area (TPSA) is 76.1 Å². The number of likely N-dealkylation sites (tertiary alicyclic amines) is 1. The lowest BCUT2D eigenvalue weighted by atomic mass is 10.1. The van der Waals surface area contributed by atoms with E-state index in [4.69, 9.17) is 14.6 Å². The predicted molar refractivity (Wildman–Crippen MR) is 78.4 cm³/mol. The summed E-state index contributed by atoms with van der Waals surface area (Å²) in [5, 5.41) is 8.99. The summed E-state index contributed by atoms with van der Waals surface area (Å²) in [6.45, 7) is 0.585. The van der Waals surface area contributed by atoms with Crippen LogP contribution in [0.2, 0.25) is 0 Å². The second kappa shape index (κ2) is 6.34. The summed E-state index contributed by atoms with van der Waals surface area (Å²) in [4.78, 5) is 24.4. The van der Waals surface area contributed by atoms with Crippen LogP contribution >= 0.6 is 15.9 Å². The van der Waals surface area contributed by atoms with Gasteiger partial charge in [-0.3, -0.25) is 9.59 Å². The normalized spacial score (nSPS) is 18.0. The number of methoxy groups -OCH3 is 2. The molecular weight excluding hydrogens is 342 g/mol. The van der Waals surface area contributed by atoms with Crippen LogP contribution in [0.15, 0.2) is 16.6 Å². The first kappa shape index (κ1) is 15.6. The fourth-order valence-electron chi connectivity index (χ4n) is 2.37. The minimum absolute atomic E-state index is 0.0593. The number of carbonyl (C=O) groups excluding carboxylic acids is 1. The molecule has 1 N–H and O–H groups in total. The van der Waals surface area contributed by atoms with Crippen LogP contribution in [0.5, 0.6) is 11.5 Å². The average Bonchev–Trinajstić information content (AvgIpc) is 2.79. The van der Waals surface area contributed by atoms with Gasteiger partial charge in [-0.25, -0.2) is 0 Å². The van der Waals surface area contributed by atoms with Crippen molar-refractivity contribution in [1.82, 2.24) is 4.90 Å². The van der Waals surface area contributed by atoms with E-state index in [0.717, 1.165) is 10.0 Å². The first-order chi connectivity index (χ1) is 9.96. The van der Waals surface area contributed by atoms with Gasteiger partial charge in [0, 0.05) is 19.5 Å². The van der Waals surface area contributed by atoms with Crippen LogP contribution < -0.4 is 9.47 Å². The molecule has 21 heavy (non-hydrogen) atoms. The summed E-state index contributed by atoms with van der Waals surface area (Å²) in [7, 11) is 3.08. The summed E-state index contributed by atoms with van der Waals surface area (Å²) in [6.07, 6.45) is 0.0593. The lowest BCUT2D eigenvalue weighted by Gasteiger charge is -2.18. The van der Waals surface area contributed by atoms with Crippen molar-refractivity contribution in [1.29, 1.82) is 0 Å². The third-order valence-corrected chi connectivity index (χ3v) is 4.02. The molecule has 0 radical (unpaired) electrons. The molecule has 0 aromatic heterocycles. The number of amides is 1. The monoisotopic (exact) mass is 357 g/mol. The van der Waals surface area contributed by atoms with Gasteiger partial charge in [0.05, 0.1) is 24.6 Å². The number of hydrogen-bond acceptors (Lipinski definition) is 4. The maximum absolute atomic E-state index is 11.9. The summed E-state index contributed by atoms with van der Waals surface area (Å²) in [5.74, 6) is -0.561. The molecule has 0 bridgehead atoms. The smallest absolute Gasteiger partial charge is 0.308 e. The number of carboxylic acids is 1. The summed E-state index contributed by atoms with van der Waals surface area (Å²) >= 11 is 3.40. The van der Waals surface area contributed by atoms with Crippen molar-refractivity contribution in [2.75, 3.05) is 20.8 Å². The van der Waals surface area contributed by atoms with Gasteiger partial charge in [-0.1, -0.05) is 0 Å². The molecular formula is C14H16BrNO5. The Morgan fingerprint density at radius 3 is 2.67 bits per heavy atom. The highest BCUT2D eigenvalue weighted by molar-refractivity contribution is 9.10. The number of carbonyl (C=O) groups is 2. The van der Waals surface area contributed by atoms with Crippen LogP contribution in [0, 0.1) is 5.92 Å². The Hall–Kier alpha value is -1.76. The number of benzene rings is 1. The van der Waals surface area contributed by atoms with Crippen molar-refractivity contribution in [3.63, 3.8) is 0 Å². The number of halogens is 1. The first-order valence-corrected chi connectivity index (χ1v) is 7.16.